The van der Waals surface area contributed by atoms with Crippen LogP contribution < -0.4 is 5.32 Å². The molecule has 2 aliphatic heterocycles. The van der Waals surface area contributed by atoms with E-state index in [0.29, 0.717) is 37.9 Å². The standard InChI is InChI=1S/C26H31F2N3O3/c27-21-13-20(14-22(28)16-21)19(15-25(33)34)12-17-7-10-31(11-8-17)24(32)6-5-23-4-3-18-2-1-9-29-26(18)30-23/h3-4,13-14,16-17,19H,1-2,5-12,15H2,(H,29,30)(H,33,34). The van der Waals surface area contributed by atoms with Crippen LogP contribution in [-0.4, -0.2) is 46.5 Å². The second kappa shape index (κ2) is 10.9. The van der Waals surface area contributed by atoms with Crippen LogP contribution in [0.2, 0.25) is 0 Å². The summed E-state index contributed by atoms with van der Waals surface area (Å²) in [7, 11) is 0. The molecular formula is C26H31F2N3O3. The van der Waals surface area contributed by atoms with Crippen LogP contribution in [0.1, 0.15) is 61.3 Å². The number of carboxylic acid groups (broad SMARTS) is 1. The summed E-state index contributed by atoms with van der Waals surface area (Å²) < 4.78 is 27.4. The van der Waals surface area contributed by atoms with Crippen molar-refractivity contribution in [3.63, 3.8) is 0 Å². The minimum atomic E-state index is -0.992. The van der Waals surface area contributed by atoms with Gasteiger partial charge in [-0.05, 0) is 79.7 Å². The maximum atomic E-state index is 13.7. The number of piperidine rings is 1. The minimum absolute atomic E-state index is 0.0974. The van der Waals surface area contributed by atoms with Gasteiger partial charge in [0.2, 0.25) is 5.91 Å². The van der Waals surface area contributed by atoms with E-state index in [9.17, 15) is 23.5 Å². The smallest absolute Gasteiger partial charge is 0.303 e. The van der Waals surface area contributed by atoms with Crippen LogP contribution in [0.25, 0.3) is 0 Å². The molecule has 6 nitrogen and oxygen atoms in total. The molecule has 4 rings (SSSR count). The van der Waals surface area contributed by atoms with Gasteiger partial charge in [-0.2, -0.15) is 0 Å². The maximum Gasteiger partial charge on any atom is 0.303 e. The molecule has 2 N–H and O–H groups in total. The van der Waals surface area contributed by atoms with E-state index in [1.165, 1.54) is 17.7 Å². The number of nitrogens with zero attached hydrogens (tertiary/aromatic N) is 2. The first-order valence-electron chi connectivity index (χ1n) is 12.1. The number of benzene rings is 1. The molecule has 2 aliphatic rings. The zero-order valence-electron chi connectivity index (χ0n) is 19.2. The van der Waals surface area contributed by atoms with Crippen molar-refractivity contribution in [2.24, 2.45) is 5.92 Å². The fourth-order valence-corrected chi connectivity index (χ4v) is 5.08. The van der Waals surface area contributed by atoms with Gasteiger partial charge in [0.25, 0.3) is 0 Å². The van der Waals surface area contributed by atoms with Crippen molar-refractivity contribution in [2.45, 2.75) is 57.3 Å². The highest BCUT2D eigenvalue weighted by molar-refractivity contribution is 5.76. The highest BCUT2D eigenvalue weighted by Crippen LogP contribution is 2.33. The van der Waals surface area contributed by atoms with Gasteiger partial charge in [0.05, 0.1) is 6.42 Å². The number of fused-ring (bicyclic) bond motifs is 1. The van der Waals surface area contributed by atoms with E-state index in [-0.39, 0.29) is 18.2 Å². The van der Waals surface area contributed by atoms with E-state index in [0.717, 1.165) is 49.8 Å². The van der Waals surface area contributed by atoms with Crippen molar-refractivity contribution in [3.05, 3.63) is 58.8 Å². The number of halogens is 2. The van der Waals surface area contributed by atoms with Gasteiger partial charge in [0.15, 0.2) is 0 Å². The highest BCUT2D eigenvalue weighted by Gasteiger charge is 2.27. The molecule has 2 aromatic rings. The fraction of sp³-hybridized carbons (Fsp3) is 0.500. The normalized spacial score (nSPS) is 17.1. The van der Waals surface area contributed by atoms with Crippen molar-refractivity contribution in [2.75, 3.05) is 25.0 Å². The Hall–Kier alpha value is -3.03. The van der Waals surface area contributed by atoms with Crippen molar-refractivity contribution >= 4 is 17.7 Å². The molecule has 1 aromatic carbocycles. The van der Waals surface area contributed by atoms with Crippen LogP contribution in [0.3, 0.4) is 0 Å². The molecule has 1 fully saturated rings. The molecule has 34 heavy (non-hydrogen) atoms. The van der Waals surface area contributed by atoms with E-state index in [1.54, 1.807) is 0 Å². The lowest BCUT2D eigenvalue weighted by atomic mass is 9.82. The Labute approximate surface area is 198 Å². The van der Waals surface area contributed by atoms with Gasteiger partial charge in [-0.3, -0.25) is 9.59 Å². The maximum absolute atomic E-state index is 13.7. The second-order valence-electron chi connectivity index (χ2n) is 9.40. The summed E-state index contributed by atoms with van der Waals surface area (Å²) in [6.45, 7) is 2.15. The van der Waals surface area contributed by atoms with Gasteiger partial charge in [-0.1, -0.05) is 6.07 Å². The average Bonchev–Trinajstić information content (AvgIpc) is 2.81. The van der Waals surface area contributed by atoms with E-state index in [4.69, 9.17) is 0 Å². The van der Waals surface area contributed by atoms with Crippen LogP contribution in [0.4, 0.5) is 14.6 Å². The molecule has 0 saturated carbocycles. The van der Waals surface area contributed by atoms with E-state index in [1.807, 2.05) is 11.0 Å². The predicted octanol–water partition coefficient (Wildman–Crippen LogP) is 4.54. The monoisotopic (exact) mass is 471 g/mol. The predicted molar refractivity (Wildman–Crippen MR) is 125 cm³/mol. The van der Waals surface area contributed by atoms with Gasteiger partial charge in [0.1, 0.15) is 17.5 Å². The lowest BCUT2D eigenvalue weighted by Crippen LogP contribution is -2.39. The van der Waals surface area contributed by atoms with Crippen LogP contribution >= 0.6 is 0 Å². The van der Waals surface area contributed by atoms with Crippen LogP contribution in [-0.2, 0) is 22.4 Å². The number of rotatable bonds is 8. The first-order chi connectivity index (χ1) is 16.4. The van der Waals surface area contributed by atoms with Gasteiger partial charge in [-0.25, -0.2) is 13.8 Å². The molecule has 0 bridgehead atoms. The van der Waals surface area contributed by atoms with Gasteiger partial charge in [0, 0.05) is 37.8 Å². The number of carbonyl (C=O) groups excluding carboxylic acids is 1. The summed E-state index contributed by atoms with van der Waals surface area (Å²) in [5, 5.41) is 12.6. The summed E-state index contributed by atoms with van der Waals surface area (Å²) in [5.74, 6) is -1.61. The number of hydrogen-bond acceptors (Lipinski definition) is 4. The van der Waals surface area contributed by atoms with Gasteiger partial charge in [-0.15, -0.1) is 0 Å². The lowest BCUT2D eigenvalue weighted by molar-refractivity contribution is -0.137. The summed E-state index contributed by atoms with van der Waals surface area (Å²) in [5.41, 5.74) is 2.52. The molecule has 0 radical (unpaired) electrons. The SMILES string of the molecule is O=C(O)CC(CC1CCN(C(=O)CCc2ccc3c(n2)NCCC3)CC1)c1cc(F)cc(F)c1. The van der Waals surface area contributed by atoms with E-state index >= 15 is 0 Å². The topological polar surface area (TPSA) is 82.5 Å². The Balaban J connectivity index is 1.28. The van der Waals surface area contributed by atoms with Gasteiger partial charge >= 0.3 is 5.97 Å². The highest BCUT2D eigenvalue weighted by atomic mass is 19.1. The Kier molecular flexibility index (Phi) is 7.75. The van der Waals surface area contributed by atoms with E-state index < -0.39 is 23.5 Å². The van der Waals surface area contributed by atoms with Crippen LogP contribution in [0, 0.1) is 17.6 Å². The largest absolute Gasteiger partial charge is 0.481 e. The third kappa shape index (κ3) is 6.30. The van der Waals surface area contributed by atoms with Crippen molar-refractivity contribution in [1.29, 1.82) is 0 Å². The molecule has 182 valence electrons. The molecule has 1 saturated heterocycles. The molecule has 8 heteroatoms. The zero-order valence-corrected chi connectivity index (χ0v) is 19.2. The van der Waals surface area contributed by atoms with Gasteiger partial charge < -0.3 is 15.3 Å². The number of carbonyl (C=O) groups is 2. The third-order valence-corrected chi connectivity index (χ3v) is 6.91. The molecule has 1 amide bonds. The molecule has 1 aromatic heterocycles. The number of aromatic nitrogens is 1. The fourth-order valence-electron chi connectivity index (χ4n) is 5.08. The molecule has 0 aliphatic carbocycles. The Morgan fingerprint density at radius 1 is 1.15 bits per heavy atom. The number of carboxylic acids is 1. The molecule has 0 spiro atoms. The third-order valence-electron chi connectivity index (χ3n) is 6.91. The summed E-state index contributed by atoms with van der Waals surface area (Å²) >= 11 is 0. The Morgan fingerprint density at radius 3 is 2.59 bits per heavy atom. The van der Waals surface area contributed by atoms with E-state index in [2.05, 4.69) is 16.4 Å². The van der Waals surface area contributed by atoms with Crippen molar-refractivity contribution in [3.8, 4) is 0 Å². The first kappa shape index (κ1) is 24.1. The van der Waals surface area contributed by atoms with Crippen LogP contribution in [0.5, 0.6) is 0 Å². The molecule has 3 heterocycles. The summed E-state index contributed by atoms with van der Waals surface area (Å²) in [4.78, 5) is 30.6. The molecular weight excluding hydrogens is 440 g/mol. The van der Waals surface area contributed by atoms with Crippen molar-refractivity contribution in [1.82, 2.24) is 9.88 Å². The average molecular weight is 472 g/mol. The van der Waals surface area contributed by atoms with Crippen LogP contribution in [0.15, 0.2) is 30.3 Å². The Morgan fingerprint density at radius 2 is 1.88 bits per heavy atom. The first-order valence-corrected chi connectivity index (χ1v) is 12.1. The minimum Gasteiger partial charge on any atom is -0.481 e. The summed E-state index contributed by atoms with van der Waals surface area (Å²) in [6.07, 6.45) is 5.00. The van der Waals surface area contributed by atoms with Crippen molar-refractivity contribution < 1.29 is 23.5 Å². The number of pyridine rings is 1. The molecule has 1 unspecified atom stereocenters. The molecule has 1 atom stereocenters. The number of aryl methyl sites for hydroxylation is 2. The number of nitrogens with one attached hydrogen (secondary N) is 1. The number of amides is 1. The quantitative estimate of drug-likeness (QED) is 0.591. The number of aliphatic carboxylic acids is 1. The lowest BCUT2D eigenvalue weighted by Gasteiger charge is -2.33. The number of hydrogen-bond donors (Lipinski definition) is 2. The zero-order chi connectivity index (χ0) is 24.1. The second-order valence-corrected chi connectivity index (χ2v) is 9.40. The number of anilines is 1. The number of likely N-dealkylation sites (tertiary alicyclic amines) is 1. The Bertz CT molecular complexity index is 1020. The summed E-state index contributed by atoms with van der Waals surface area (Å²) in [6, 6.07) is 7.34.